The molecule has 0 aliphatic heterocycles. The Morgan fingerprint density at radius 3 is 2.58 bits per heavy atom. The highest BCUT2D eigenvalue weighted by Crippen LogP contribution is 2.43. The Kier molecular flexibility index (Phi) is 3.90. The van der Waals surface area contributed by atoms with E-state index in [4.69, 9.17) is 0 Å². The van der Waals surface area contributed by atoms with Crippen LogP contribution < -0.4 is 0 Å². The van der Waals surface area contributed by atoms with Gasteiger partial charge in [-0.2, -0.15) is 18.3 Å². The predicted molar refractivity (Wildman–Crippen MR) is 64.8 cm³/mol. The first kappa shape index (κ1) is 14.4. The molecule has 6 heteroatoms. The summed E-state index contributed by atoms with van der Waals surface area (Å²) < 4.78 is 40.5. The van der Waals surface area contributed by atoms with Gasteiger partial charge in [0, 0.05) is 6.20 Å². The van der Waals surface area contributed by atoms with Gasteiger partial charge < -0.3 is 5.11 Å². The number of hydrogen-bond acceptors (Lipinski definition) is 2. The fourth-order valence-electron chi connectivity index (χ4n) is 2.63. The molecule has 0 amide bonds. The van der Waals surface area contributed by atoms with Gasteiger partial charge in [0.25, 0.3) is 0 Å². The van der Waals surface area contributed by atoms with Gasteiger partial charge in [0.2, 0.25) is 0 Å². The number of aliphatic hydroxyl groups excluding tert-OH is 1. The second kappa shape index (κ2) is 5.15. The number of aromatic nitrogens is 2. The van der Waals surface area contributed by atoms with Gasteiger partial charge in [-0.25, -0.2) is 0 Å². The number of halogens is 3. The van der Waals surface area contributed by atoms with Crippen molar-refractivity contribution in [2.24, 2.45) is 5.92 Å². The van der Waals surface area contributed by atoms with E-state index in [9.17, 15) is 18.3 Å². The quantitative estimate of drug-likeness (QED) is 0.900. The Balaban J connectivity index is 2.26. The number of aliphatic hydroxyl groups is 1. The van der Waals surface area contributed by atoms with Crippen molar-refractivity contribution in [1.29, 1.82) is 0 Å². The van der Waals surface area contributed by atoms with E-state index in [0.29, 0.717) is 0 Å². The molecule has 0 aromatic carbocycles. The van der Waals surface area contributed by atoms with Gasteiger partial charge in [-0.3, -0.25) is 4.68 Å². The lowest BCUT2D eigenvalue weighted by atomic mass is 9.82. The summed E-state index contributed by atoms with van der Waals surface area (Å²) in [5.74, 6) is -1.19. The maximum absolute atomic E-state index is 13.0. The first-order chi connectivity index (χ1) is 8.79. The normalized spacial score (nSPS) is 28.9. The molecular formula is C13H19F3N2O. The highest BCUT2D eigenvalue weighted by Gasteiger charge is 2.48. The van der Waals surface area contributed by atoms with Gasteiger partial charge in [0.05, 0.1) is 24.3 Å². The number of nitrogens with zero attached hydrogens (tertiary/aromatic N) is 2. The van der Waals surface area contributed by atoms with E-state index in [-0.39, 0.29) is 25.2 Å². The predicted octanol–water partition coefficient (Wildman–Crippen LogP) is 3.27. The first-order valence-corrected chi connectivity index (χ1v) is 6.58. The summed E-state index contributed by atoms with van der Waals surface area (Å²) in [5, 5.41) is 13.7. The fraction of sp³-hybridized carbons (Fsp3) is 0.769. The molecule has 3 unspecified atom stereocenters. The van der Waals surface area contributed by atoms with Gasteiger partial charge in [0.1, 0.15) is 0 Å². The van der Waals surface area contributed by atoms with Crippen molar-refractivity contribution in [2.75, 3.05) is 0 Å². The summed E-state index contributed by atoms with van der Waals surface area (Å²) in [7, 11) is 0. The number of hydrogen-bond donors (Lipinski definition) is 1. The van der Waals surface area contributed by atoms with Gasteiger partial charge in [-0.05, 0) is 30.7 Å². The molecule has 19 heavy (non-hydrogen) atoms. The van der Waals surface area contributed by atoms with E-state index < -0.39 is 24.2 Å². The van der Waals surface area contributed by atoms with Crippen LogP contribution in [0, 0.1) is 5.92 Å². The zero-order valence-corrected chi connectivity index (χ0v) is 11.1. The van der Waals surface area contributed by atoms with Crippen molar-refractivity contribution >= 4 is 0 Å². The van der Waals surface area contributed by atoms with E-state index in [0.717, 1.165) is 5.56 Å². The molecule has 2 rings (SSSR count). The van der Waals surface area contributed by atoms with E-state index in [1.807, 2.05) is 13.8 Å². The van der Waals surface area contributed by atoms with Gasteiger partial charge in [0.15, 0.2) is 0 Å². The smallest absolute Gasteiger partial charge is 0.393 e. The molecule has 3 nitrogen and oxygen atoms in total. The summed E-state index contributed by atoms with van der Waals surface area (Å²) >= 11 is 0. The minimum Gasteiger partial charge on any atom is -0.393 e. The van der Waals surface area contributed by atoms with E-state index >= 15 is 0 Å². The molecular weight excluding hydrogens is 257 g/mol. The summed E-state index contributed by atoms with van der Waals surface area (Å²) in [6.45, 7) is 3.94. The van der Waals surface area contributed by atoms with Crippen LogP contribution in [0.5, 0.6) is 0 Å². The molecule has 108 valence electrons. The SMILES string of the molecule is CC(C)c1cnn(C2CC(O)CCC2C(F)(F)F)c1. The molecule has 1 aliphatic rings. The molecule has 0 radical (unpaired) electrons. The molecule has 1 aromatic heterocycles. The molecule has 0 bridgehead atoms. The van der Waals surface area contributed by atoms with Crippen molar-refractivity contribution < 1.29 is 18.3 Å². The summed E-state index contributed by atoms with van der Waals surface area (Å²) in [5.41, 5.74) is 0.918. The van der Waals surface area contributed by atoms with Crippen molar-refractivity contribution in [3.05, 3.63) is 18.0 Å². The number of alkyl halides is 3. The molecule has 1 N–H and O–H groups in total. The van der Waals surface area contributed by atoms with E-state index in [1.54, 1.807) is 12.4 Å². The largest absolute Gasteiger partial charge is 0.393 e. The van der Waals surface area contributed by atoms with Crippen LogP contribution in [0.4, 0.5) is 13.2 Å². The van der Waals surface area contributed by atoms with Crippen molar-refractivity contribution in [2.45, 2.75) is 57.3 Å². The Morgan fingerprint density at radius 1 is 1.37 bits per heavy atom. The van der Waals surface area contributed by atoms with Crippen LogP contribution >= 0.6 is 0 Å². The minimum atomic E-state index is -4.24. The van der Waals surface area contributed by atoms with E-state index in [1.165, 1.54) is 4.68 Å². The summed E-state index contributed by atoms with van der Waals surface area (Å²) in [6.07, 6.45) is -1.34. The topological polar surface area (TPSA) is 38.0 Å². The van der Waals surface area contributed by atoms with Gasteiger partial charge >= 0.3 is 6.18 Å². The molecule has 0 saturated heterocycles. The minimum absolute atomic E-state index is 0.0355. The lowest BCUT2D eigenvalue weighted by Crippen LogP contribution is -2.38. The van der Waals surface area contributed by atoms with Gasteiger partial charge in [-0.15, -0.1) is 0 Å². The number of rotatable bonds is 2. The Morgan fingerprint density at radius 2 is 2.05 bits per heavy atom. The lowest BCUT2D eigenvalue weighted by molar-refractivity contribution is -0.199. The highest BCUT2D eigenvalue weighted by molar-refractivity contribution is 5.10. The van der Waals surface area contributed by atoms with Crippen LogP contribution in [0.25, 0.3) is 0 Å². The molecule has 1 saturated carbocycles. The monoisotopic (exact) mass is 276 g/mol. The maximum atomic E-state index is 13.0. The maximum Gasteiger partial charge on any atom is 0.393 e. The standard InChI is InChI=1S/C13H19F3N2O/c1-8(2)9-6-17-18(7-9)12-5-10(19)3-4-11(12)13(14,15)16/h6-8,10-12,19H,3-5H2,1-2H3. The molecule has 0 spiro atoms. The first-order valence-electron chi connectivity index (χ1n) is 6.58. The van der Waals surface area contributed by atoms with Crippen LogP contribution in [0.15, 0.2) is 12.4 Å². The second-order valence-corrected chi connectivity index (χ2v) is 5.59. The third kappa shape index (κ3) is 3.11. The third-order valence-electron chi connectivity index (χ3n) is 3.84. The fourth-order valence-corrected chi connectivity index (χ4v) is 2.63. The average molecular weight is 276 g/mol. The molecule has 1 heterocycles. The Labute approximate surface area is 110 Å². The Hall–Kier alpha value is -1.04. The van der Waals surface area contributed by atoms with E-state index in [2.05, 4.69) is 5.10 Å². The van der Waals surface area contributed by atoms with Crippen LogP contribution in [0.3, 0.4) is 0 Å². The van der Waals surface area contributed by atoms with Crippen LogP contribution in [-0.4, -0.2) is 27.2 Å². The van der Waals surface area contributed by atoms with Crippen molar-refractivity contribution in [3.63, 3.8) is 0 Å². The average Bonchev–Trinajstić information content (AvgIpc) is 2.76. The van der Waals surface area contributed by atoms with Crippen LogP contribution in [0.1, 0.15) is 50.6 Å². The Bertz CT molecular complexity index is 428. The van der Waals surface area contributed by atoms with Crippen LogP contribution in [0.2, 0.25) is 0 Å². The zero-order chi connectivity index (χ0) is 14.2. The highest BCUT2D eigenvalue weighted by atomic mass is 19.4. The molecule has 3 atom stereocenters. The zero-order valence-electron chi connectivity index (χ0n) is 11.1. The van der Waals surface area contributed by atoms with Crippen LogP contribution in [-0.2, 0) is 0 Å². The molecule has 1 aliphatic carbocycles. The molecule has 1 aromatic rings. The second-order valence-electron chi connectivity index (χ2n) is 5.59. The van der Waals surface area contributed by atoms with Crippen molar-refractivity contribution in [1.82, 2.24) is 9.78 Å². The summed E-state index contributed by atoms with van der Waals surface area (Å²) in [4.78, 5) is 0. The molecule has 1 fully saturated rings. The summed E-state index contributed by atoms with van der Waals surface area (Å²) in [6, 6.07) is -0.795. The van der Waals surface area contributed by atoms with Crippen molar-refractivity contribution in [3.8, 4) is 0 Å². The van der Waals surface area contributed by atoms with Gasteiger partial charge in [-0.1, -0.05) is 13.8 Å². The third-order valence-corrected chi connectivity index (χ3v) is 3.84. The lowest BCUT2D eigenvalue weighted by Gasteiger charge is -2.35.